The normalized spacial score (nSPS) is 20.4. The molecule has 19 heavy (non-hydrogen) atoms. The zero-order valence-corrected chi connectivity index (χ0v) is 11.4. The van der Waals surface area contributed by atoms with Crippen molar-refractivity contribution in [3.63, 3.8) is 0 Å². The van der Waals surface area contributed by atoms with Gasteiger partial charge in [0, 0.05) is 19.0 Å². The summed E-state index contributed by atoms with van der Waals surface area (Å²) >= 11 is 0. The molecular formula is C15H21N3O. The van der Waals surface area contributed by atoms with E-state index in [0.717, 1.165) is 43.4 Å². The van der Waals surface area contributed by atoms with E-state index in [1.165, 1.54) is 12.8 Å². The van der Waals surface area contributed by atoms with Crippen molar-refractivity contribution < 1.29 is 4.79 Å². The number of aromatic nitrogens is 1. The van der Waals surface area contributed by atoms with E-state index in [1.54, 1.807) is 6.20 Å². The number of anilines is 2. The Morgan fingerprint density at radius 3 is 2.58 bits per heavy atom. The molecule has 1 saturated heterocycles. The lowest BCUT2D eigenvalue weighted by Crippen LogP contribution is -2.33. The first kappa shape index (κ1) is 12.5. The van der Waals surface area contributed by atoms with E-state index in [9.17, 15) is 4.79 Å². The number of amides is 1. The van der Waals surface area contributed by atoms with Gasteiger partial charge in [0.2, 0.25) is 5.91 Å². The fourth-order valence-electron chi connectivity index (χ4n) is 2.47. The van der Waals surface area contributed by atoms with E-state index in [-0.39, 0.29) is 11.8 Å². The second kappa shape index (κ2) is 5.19. The van der Waals surface area contributed by atoms with Crippen LogP contribution in [0.25, 0.3) is 0 Å². The van der Waals surface area contributed by atoms with Gasteiger partial charge in [-0.15, -0.1) is 0 Å². The summed E-state index contributed by atoms with van der Waals surface area (Å²) in [6.07, 6.45) is 6.31. The smallest absolute Gasteiger partial charge is 0.227 e. The summed E-state index contributed by atoms with van der Waals surface area (Å²) in [5.74, 6) is 2.23. The Kier molecular flexibility index (Phi) is 3.40. The second-order valence-corrected chi connectivity index (χ2v) is 5.84. The topological polar surface area (TPSA) is 45.2 Å². The SMILES string of the molecule is CC1CCN(c2ccc(NC(=O)C3CC3)cn2)CC1. The van der Waals surface area contributed by atoms with Gasteiger partial charge >= 0.3 is 0 Å². The Hall–Kier alpha value is -1.58. The number of hydrogen-bond donors (Lipinski definition) is 1. The Morgan fingerprint density at radius 1 is 1.26 bits per heavy atom. The number of rotatable bonds is 3. The van der Waals surface area contributed by atoms with Crippen molar-refractivity contribution >= 4 is 17.4 Å². The van der Waals surface area contributed by atoms with E-state index in [0.29, 0.717) is 0 Å². The molecule has 1 N–H and O–H groups in total. The molecule has 1 saturated carbocycles. The Morgan fingerprint density at radius 2 is 2.00 bits per heavy atom. The third kappa shape index (κ3) is 3.06. The van der Waals surface area contributed by atoms with Gasteiger partial charge < -0.3 is 10.2 Å². The minimum atomic E-state index is 0.140. The quantitative estimate of drug-likeness (QED) is 0.907. The Labute approximate surface area is 114 Å². The number of piperidine rings is 1. The maximum atomic E-state index is 11.6. The molecule has 0 atom stereocenters. The van der Waals surface area contributed by atoms with Gasteiger partial charge in [-0.2, -0.15) is 0 Å². The maximum absolute atomic E-state index is 11.6. The molecule has 3 rings (SSSR count). The van der Waals surface area contributed by atoms with Gasteiger partial charge in [0.15, 0.2) is 0 Å². The molecular weight excluding hydrogens is 238 g/mol. The molecule has 4 nitrogen and oxygen atoms in total. The van der Waals surface area contributed by atoms with Crippen molar-refractivity contribution in [1.82, 2.24) is 4.98 Å². The highest BCUT2D eigenvalue weighted by Crippen LogP contribution is 2.30. The number of nitrogens with zero attached hydrogens (tertiary/aromatic N) is 2. The fourth-order valence-corrected chi connectivity index (χ4v) is 2.47. The monoisotopic (exact) mass is 259 g/mol. The van der Waals surface area contributed by atoms with Gasteiger partial charge in [-0.3, -0.25) is 4.79 Å². The highest BCUT2D eigenvalue weighted by atomic mass is 16.2. The van der Waals surface area contributed by atoms with E-state index in [1.807, 2.05) is 12.1 Å². The first-order chi connectivity index (χ1) is 9.22. The Bertz CT molecular complexity index is 445. The molecule has 0 unspecified atom stereocenters. The number of carbonyl (C=O) groups is 1. The lowest BCUT2D eigenvalue weighted by molar-refractivity contribution is -0.117. The van der Waals surface area contributed by atoms with E-state index < -0.39 is 0 Å². The predicted molar refractivity (Wildman–Crippen MR) is 76.2 cm³/mol. The lowest BCUT2D eigenvalue weighted by atomic mass is 9.99. The van der Waals surface area contributed by atoms with Gasteiger partial charge in [-0.05, 0) is 43.7 Å². The maximum Gasteiger partial charge on any atom is 0.227 e. The molecule has 1 aromatic rings. The van der Waals surface area contributed by atoms with E-state index >= 15 is 0 Å². The highest BCUT2D eigenvalue weighted by Gasteiger charge is 2.29. The third-order valence-corrected chi connectivity index (χ3v) is 4.07. The number of carbonyl (C=O) groups excluding carboxylic acids is 1. The summed E-state index contributed by atoms with van der Waals surface area (Å²) in [5.41, 5.74) is 0.811. The first-order valence-electron chi connectivity index (χ1n) is 7.24. The summed E-state index contributed by atoms with van der Waals surface area (Å²) in [5, 5.41) is 2.92. The van der Waals surface area contributed by atoms with Gasteiger partial charge in [0.1, 0.15) is 5.82 Å². The van der Waals surface area contributed by atoms with Crippen LogP contribution in [-0.4, -0.2) is 24.0 Å². The zero-order chi connectivity index (χ0) is 13.2. The van der Waals surface area contributed by atoms with Gasteiger partial charge in [-0.1, -0.05) is 6.92 Å². The zero-order valence-electron chi connectivity index (χ0n) is 11.4. The molecule has 1 aromatic heterocycles. The molecule has 0 radical (unpaired) electrons. The summed E-state index contributed by atoms with van der Waals surface area (Å²) in [6.45, 7) is 4.48. The van der Waals surface area contributed by atoms with Gasteiger partial charge in [-0.25, -0.2) is 4.98 Å². The predicted octanol–water partition coefficient (Wildman–Crippen LogP) is 2.67. The summed E-state index contributed by atoms with van der Waals surface area (Å²) < 4.78 is 0. The third-order valence-electron chi connectivity index (χ3n) is 4.07. The molecule has 1 aliphatic heterocycles. The van der Waals surface area contributed by atoms with Crippen molar-refractivity contribution in [3.8, 4) is 0 Å². The minimum absolute atomic E-state index is 0.140. The second-order valence-electron chi connectivity index (χ2n) is 5.84. The molecule has 102 valence electrons. The molecule has 1 aliphatic carbocycles. The number of hydrogen-bond acceptors (Lipinski definition) is 3. The average Bonchev–Trinajstić information content (AvgIpc) is 3.25. The standard InChI is InChI=1S/C15H21N3O/c1-11-6-8-18(9-7-11)14-5-4-13(10-16-14)17-15(19)12-2-3-12/h4-5,10-12H,2-3,6-9H2,1H3,(H,17,19). The molecule has 2 heterocycles. The van der Waals surface area contributed by atoms with Crippen molar-refractivity contribution in [2.24, 2.45) is 11.8 Å². The van der Waals surface area contributed by atoms with Crippen LogP contribution in [0.3, 0.4) is 0 Å². The average molecular weight is 259 g/mol. The molecule has 4 heteroatoms. The molecule has 2 fully saturated rings. The fraction of sp³-hybridized carbons (Fsp3) is 0.600. The van der Waals surface area contributed by atoms with Gasteiger partial charge in [0.25, 0.3) is 0 Å². The summed E-state index contributed by atoms with van der Waals surface area (Å²) in [7, 11) is 0. The first-order valence-corrected chi connectivity index (χ1v) is 7.24. The minimum Gasteiger partial charge on any atom is -0.357 e. The largest absolute Gasteiger partial charge is 0.357 e. The molecule has 0 spiro atoms. The van der Waals surface area contributed by atoms with E-state index in [2.05, 4.69) is 22.1 Å². The van der Waals surface area contributed by atoms with Crippen LogP contribution < -0.4 is 10.2 Å². The summed E-state index contributed by atoms with van der Waals surface area (Å²) in [6, 6.07) is 3.97. The van der Waals surface area contributed by atoms with Crippen molar-refractivity contribution in [2.75, 3.05) is 23.3 Å². The van der Waals surface area contributed by atoms with Crippen molar-refractivity contribution in [1.29, 1.82) is 0 Å². The molecule has 2 aliphatic rings. The highest BCUT2D eigenvalue weighted by molar-refractivity contribution is 5.93. The Balaban J connectivity index is 1.60. The van der Waals surface area contributed by atoms with Crippen LogP contribution in [0, 0.1) is 11.8 Å². The lowest BCUT2D eigenvalue weighted by Gasteiger charge is -2.31. The van der Waals surface area contributed by atoms with Crippen LogP contribution in [-0.2, 0) is 4.79 Å². The van der Waals surface area contributed by atoms with Crippen LogP contribution in [0.5, 0.6) is 0 Å². The summed E-state index contributed by atoms with van der Waals surface area (Å²) in [4.78, 5) is 18.4. The van der Waals surface area contributed by atoms with Crippen molar-refractivity contribution in [3.05, 3.63) is 18.3 Å². The van der Waals surface area contributed by atoms with Crippen LogP contribution in [0.4, 0.5) is 11.5 Å². The molecule has 1 amide bonds. The van der Waals surface area contributed by atoms with Crippen LogP contribution in [0.2, 0.25) is 0 Å². The molecule has 0 bridgehead atoms. The van der Waals surface area contributed by atoms with Crippen molar-refractivity contribution in [2.45, 2.75) is 32.6 Å². The van der Waals surface area contributed by atoms with Crippen LogP contribution in [0.1, 0.15) is 32.6 Å². The van der Waals surface area contributed by atoms with Crippen LogP contribution in [0.15, 0.2) is 18.3 Å². The number of nitrogens with one attached hydrogen (secondary N) is 1. The number of pyridine rings is 1. The van der Waals surface area contributed by atoms with E-state index in [4.69, 9.17) is 0 Å². The van der Waals surface area contributed by atoms with Gasteiger partial charge in [0.05, 0.1) is 11.9 Å². The van der Waals surface area contributed by atoms with Crippen LogP contribution >= 0.6 is 0 Å². The molecule has 0 aromatic carbocycles.